The maximum atomic E-state index is 13.0. The van der Waals surface area contributed by atoms with Gasteiger partial charge in [0.15, 0.2) is 0 Å². The third-order valence-electron chi connectivity index (χ3n) is 5.40. The molecule has 1 saturated heterocycles. The van der Waals surface area contributed by atoms with E-state index in [2.05, 4.69) is 10.2 Å². The highest BCUT2D eigenvalue weighted by molar-refractivity contribution is 5.76. The first-order valence-electron chi connectivity index (χ1n) is 9.03. The molecule has 2 aliphatic rings. The van der Waals surface area contributed by atoms with Crippen molar-refractivity contribution >= 4 is 5.91 Å². The number of likely N-dealkylation sites (tertiary alicyclic amines) is 1. The van der Waals surface area contributed by atoms with E-state index in [9.17, 15) is 9.18 Å². The van der Waals surface area contributed by atoms with Gasteiger partial charge >= 0.3 is 0 Å². The van der Waals surface area contributed by atoms with Crippen molar-refractivity contribution in [3.05, 3.63) is 48.0 Å². The highest BCUT2D eigenvalue weighted by Gasteiger charge is 2.37. The Hall–Kier alpha value is -2.14. The Labute approximate surface area is 147 Å². The fraction of sp³-hybridized carbons (Fsp3) is 0.450. The predicted molar refractivity (Wildman–Crippen MR) is 93.3 cm³/mol. The number of hydrogen-bond acceptors (Lipinski definition) is 3. The summed E-state index contributed by atoms with van der Waals surface area (Å²) in [5, 5.41) is 2.92. The second-order valence-corrected chi connectivity index (χ2v) is 7.13. The Morgan fingerprint density at radius 1 is 1.20 bits per heavy atom. The quantitative estimate of drug-likeness (QED) is 0.873. The molecule has 1 saturated carbocycles. The maximum Gasteiger partial charge on any atom is 0.221 e. The van der Waals surface area contributed by atoms with E-state index >= 15 is 0 Å². The summed E-state index contributed by atoms with van der Waals surface area (Å²) in [7, 11) is 0. The molecule has 2 aromatic rings. The molecule has 2 atom stereocenters. The summed E-state index contributed by atoms with van der Waals surface area (Å²) >= 11 is 0. The molecule has 0 spiro atoms. The average molecular weight is 342 g/mol. The number of piperidine rings is 1. The Morgan fingerprint density at radius 3 is 2.76 bits per heavy atom. The smallest absolute Gasteiger partial charge is 0.221 e. The zero-order valence-electron chi connectivity index (χ0n) is 14.2. The van der Waals surface area contributed by atoms with Crippen molar-refractivity contribution in [2.45, 2.75) is 38.3 Å². The first-order chi connectivity index (χ1) is 12.2. The van der Waals surface area contributed by atoms with Crippen molar-refractivity contribution in [3.8, 4) is 11.3 Å². The van der Waals surface area contributed by atoms with Gasteiger partial charge in [0.2, 0.25) is 5.91 Å². The van der Waals surface area contributed by atoms with Gasteiger partial charge in [-0.1, -0.05) is 0 Å². The average Bonchev–Trinajstić information content (AvgIpc) is 3.35. The molecule has 2 bridgehead atoms. The molecular formula is C20H23FN2O2. The highest BCUT2D eigenvalue weighted by Crippen LogP contribution is 2.37. The Bertz CT molecular complexity index is 740. The van der Waals surface area contributed by atoms with Gasteiger partial charge in [-0.05, 0) is 61.6 Å². The van der Waals surface area contributed by atoms with Gasteiger partial charge in [0.25, 0.3) is 0 Å². The van der Waals surface area contributed by atoms with E-state index in [1.807, 2.05) is 12.1 Å². The van der Waals surface area contributed by atoms with Crippen molar-refractivity contribution in [1.29, 1.82) is 0 Å². The lowest BCUT2D eigenvalue weighted by atomic mass is 10.1. The van der Waals surface area contributed by atoms with Crippen LogP contribution >= 0.6 is 0 Å². The normalized spacial score (nSPS) is 22.4. The molecule has 4 nitrogen and oxygen atoms in total. The molecule has 1 aromatic carbocycles. The topological polar surface area (TPSA) is 45.5 Å². The zero-order valence-corrected chi connectivity index (χ0v) is 14.2. The van der Waals surface area contributed by atoms with Crippen molar-refractivity contribution in [2.75, 3.05) is 13.1 Å². The van der Waals surface area contributed by atoms with Crippen LogP contribution < -0.4 is 5.32 Å². The summed E-state index contributed by atoms with van der Waals surface area (Å²) in [5.74, 6) is 2.03. The molecule has 1 N–H and O–H groups in total. The Kier molecular flexibility index (Phi) is 4.57. The molecule has 1 aliphatic carbocycles. The number of halogens is 1. The van der Waals surface area contributed by atoms with Crippen molar-refractivity contribution in [1.82, 2.24) is 10.2 Å². The zero-order chi connectivity index (χ0) is 17.2. The Morgan fingerprint density at radius 2 is 2.04 bits per heavy atom. The minimum Gasteiger partial charge on any atom is -0.459 e. The van der Waals surface area contributed by atoms with Gasteiger partial charge in [-0.2, -0.15) is 0 Å². The molecule has 1 aliphatic heterocycles. The van der Waals surface area contributed by atoms with Crippen molar-refractivity contribution in [2.24, 2.45) is 5.92 Å². The van der Waals surface area contributed by atoms with Crippen LogP contribution in [0.4, 0.5) is 4.39 Å². The maximum absolute atomic E-state index is 13.0. The Balaban J connectivity index is 1.24. The van der Waals surface area contributed by atoms with Crippen molar-refractivity contribution < 1.29 is 13.6 Å². The van der Waals surface area contributed by atoms with Crippen LogP contribution in [0.2, 0.25) is 0 Å². The molecule has 2 heterocycles. The molecule has 5 heteroatoms. The molecule has 0 unspecified atom stereocenters. The van der Waals surface area contributed by atoms with Crippen LogP contribution in [0.3, 0.4) is 0 Å². The van der Waals surface area contributed by atoms with Crippen LogP contribution in [0.15, 0.2) is 40.8 Å². The summed E-state index contributed by atoms with van der Waals surface area (Å²) in [4.78, 5) is 14.5. The third-order valence-corrected chi connectivity index (χ3v) is 5.40. The van der Waals surface area contributed by atoms with Crippen LogP contribution in [-0.4, -0.2) is 29.9 Å². The van der Waals surface area contributed by atoms with E-state index in [4.69, 9.17) is 4.42 Å². The lowest BCUT2D eigenvalue weighted by Gasteiger charge is -2.26. The fourth-order valence-electron chi connectivity index (χ4n) is 4.06. The second kappa shape index (κ2) is 7.00. The summed E-state index contributed by atoms with van der Waals surface area (Å²) in [6.45, 7) is 2.40. The number of amides is 1. The number of carbonyl (C=O) groups excluding carboxylic acids is 1. The van der Waals surface area contributed by atoms with Crippen LogP contribution in [0, 0.1) is 11.7 Å². The van der Waals surface area contributed by atoms with Gasteiger partial charge in [0, 0.05) is 31.1 Å². The molecule has 1 amide bonds. The number of nitrogens with zero attached hydrogens (tertiary/aromatic N) is 1. The number of hydrogen-bond donors (Lipinski definition) is 1. The largest absolute Gasteiger partial charge is 0.459 e. The molecule has 0 radical (unpaired) electrons. The van der Waals surface area contributed by atoms with Gasteiger partial charge in [0.1, 0.15) is 17.3 Å². The van der Waals surface area contributed by atoms with Gasteiger partial charge in [-0.3, -0.25) is 9.69 Å². The van der Waals surface area contributed by atoms with Crippen molar-refractivity contribution in [3.63, 3.8) is 0 Å². The SMILES string of the molecule is O=C(CCN1C[C@@H]2CC[C@H]1C2)NCc1ccc(-c2ccc(F)cc2)o1. The van der Waals surface area contributed by atoms with E-state index in [0.717, 1.165) is 24.6 Å². The highest BCUT2D eigenvalue weighted by atomic mass is 19.1. The number of furan rings is 1. The fourth-order valence-corrected chi connectivity index (χ4v) is 4.06. The summed E-state index contributed by atoms with van der Waals surface area (Å²) in [6, 6.07) is 10.6. The lowest BCUT2D eigenvalue weighted by Crippen LogP contribution is -2.35. The number of carbonyl (C=O) groups is 1. The summed E-state index contributed by atoms with van der Waals surface area (Å²) in [6.07, 6.45) is 4.52. The molecule has 25 heavy (non-hydrogen) atoms. The standard InChI is InChI=1S/C20H23FN2O2/c21-16-4-2-15(3-5-16)19-8-7-18(25-19)12-22-20(24)9-10-23-13-14-1-6-17(23)11-14/h2-5,7-8,14,17H,1,6,9-13H2,(H,22,24)/t14-,17+/m1/s1. The molecular weight excluding hydrogens is 319 g/mol. The van der Waals surface area contributed by atoms with E-state index in [1.165, 1.54) is 31.4 Å². The van der Waals surface area contributed by atoms with Crippen LogP contribution in [0.1, 0.15) is 31.4 Å². The number of fused-ring (bicyclic) bond motifs is 2. The first kappa shape index (κ1) is 16.3. The monoisotopic (exact) mass is 342 g/mol. The second-order valence-electron chi connectivity index (χ2n) is 7.13. The van der Waals surface area contributed by atoms with Gasteiger partial charge in [0.05, 0.1) is 6.54 Å². The van der Waals surface area contributed by atoms with E-state index in [1.54, 1.807) is 12.1 Å². The van der Waals surface area contributed by atoms with E-state index in [-0.39, 0.29) is 11.7 Å². The van der Waals surface area contributed by atoms with E-state index < -0.39 is 0 Å². The van der Waals surface area contributed by atoms with Crippen LogP contribution in [0.5, 0.6) is 0 Å². The molecule has 4 rings (SSSR count). The van der Waals surface area contributed by atoms with Gasteiger partial charge < -0.3 is 9.73 Å². The minimum atomic E-state index is -0.269. The summed E-state index contributed by atoms with van der Waals surface area (Å²) < 4.78 is 18.7. The number of nitrogens with one attached hydrogen (secondary N) is 1. The number of benzene rings is 1. The van der Waals surface area contributed by atoms with Gasteiger partial charge in [-0.25, -0.2) is 4.39 Å². The minimum absolute atomic E-state index is 0.0579. The van der Waals surface area contributed by atoms with Crippen LogP contribution in [-0.2, 0) is 11.3 Å². The van der Waals surface area contributed by atoms with E-state index in [0.29, 0.717) is 30.5 Å². The first-order valence-corrected chi connectivity index (χ1v) is 9.03. The molecule has 1 aromatic heterocycles. The molecule has 132 valence electrons. The number of rotatable bonds is 6. The lowest BCUT2D eigenvalue weighted by molar-refractivity contribution is -0.121. The molecule has 2 fully saturated rings. The van der Waals surface area contributed by atoms with Crippen LogP contribution in [0.25, 0.3) is 11.3 Å². The summed E-state index contributed by atoms with van der Waals surface area (Å²) in [5.41, 5.74) is 0.822. The third kappa shape index (κ3) is 3.76. The van der Waals surface area contributed by atoms with Gasteiger partial charge in [-0.15, -0.1) is 0 Å². The predicted octanol–water partition coefficient (Wildman–Crippen LogP) is 3.58.